The molecule has 2 aromatic rings. The number of benzene rings is 2. The number of rotatable bonds is 8. The summed E-state index contributed by atoms with van der Waals surface area (Å²) < 4.78 is 22.1. The molecule has 0 spiro atoms. The first-order valence-corrected chi connectivity index (χ1v) is 15.4. The summed E-state index contributed by atoms with van der Waals surface area (Å²) in [6.45, 7) is 0.0133. The van der Waals surface area contributed by atoms with Crippen molar-refractivity contribution in [2.45, 2.75) is 50.6 Å². The Hall–Kier alpha value is -3.37. The maximum Gasteiger partial charge on any atom is 0.293 e. The molecule has 0 atom stereocenters. The highest BCUT2D eigenvalue weighted by atomic mass is 35.5. The van der Waals surface area contributed by atoms with Crippen molar-refractivity contribution in [3.63, 3.8) is 0 Å². The number of amides is 3. The van der Waals surface area contributed by atoms with Crippen LogP contribution in [-0.4, -0.2) is 48.0 Å². The van der Waals surface area contributed by atoms with Gasteiger partial charge in [0.15, 0.2) is 29.6 Å². The van der Waals surface area contributed by atoms with Crippen LogP contribution >= 0.6 is 23.4 Å². The van der Waals surface area contributed by atoms with Crippen molar-refractivity contribution in [1.29, 1.82) is 0 Å². The Kier molecular flexibility index (Phi) is 7.01. The van der Waals surface area contributed by atoms with E-state index in [-0.39, 0.29) is 36.3 Å². The maximum atomic E-state index is 13.1. The van der Waals surface area contributed by atoms with Crippen molar-refractivity contribution >= 4 is 46.5 Å². The molecular weight excluding hydrogens is 580 g/mol. The first-order chi connectivity index (χ1) is 20.3. The van der Waals surface area contributed by atoms with Crippen LogP contribution in [0, 0.1) is 17.8 Å². The molecule has 0 aromatic heterocycles. The van der Waals surface area contributed by atoms with E-state index in [2.05, 4.69) is 5.32 Å². The van der Waals surface area contributed by atoms with E-state index in [9.17, 15) is 14.4 Å². The Morgan fingerprint density at radius 3 is 2.45 bits per heavy atom. The van der Waals surface area contributed by atoms with Gasteiger partial charge in [-0.1, -0.05) is 17.7 Å². The van der Waals surface area contributed by atoms with Crippen LogP contribution in [0.25, 0.3) is 6.08 Å². The second-order valence-corrected chi connectivity index (χ2v) is 13.4. The highest BCUT2D eigenvalue weighted by molar-refractivity contribution is 8.18. The number of ether oxygens (including phenoxy) is 4. The van der Waals surface area contributed by atoms with Gasteiger partial charge in [-0.25, -0.2) is 0 Å². The van der Waals surface area contributed by atoms with E-state index in [0.29, 0.717) is 39.1 Å². The molecule has 0 radical (unpaired) electrons. The summed E-state index contributed by atoms with van der Waals surface area (Å²) >= 11 is 7.22. The number of halogens is 1. The summed E-state index contributed by atoms with van der Waals surface area (Å²) in [5.74, 6) is 3.62. The minimum atomic E-state index is -0.417. The number of imide groups is 1. The van der Waals surface area contributed by atoms with Crippen LogP contribution < -0.4 is 24.3 Å². The first-order valence-electron chi connectivity index (χ1n) is 14.2. The number of carbonyl (C=O) groups excluding carboxylic acids is 3. The fraction of sp³-hybridized carbons (Fsp3) is 0.452. The molecule has 5 fully saturated rings. The van der Waals surface area contributed by atoms with Crippen LogP contribution in [0.5, 0.6) is 23.0 Å². The highest BCUT2D eigenvalue weighted by Gasteiger charge is 2.51. The van der Waals surface area contributed by atoms with Crippen LogP contribution in [0.4, 0.5) is 4.79 Å². The molecular formula is C31H31ClN2O7S. The summed E-state index contributed by atoms with van der Waals surface area (Å²) in [5.41, 5.74) is 1.17. The average molecular weight is 611 g/mol. The zero-order valence-corrected chi connectivity index (χ0v) is 24.7. The molecule has 6 aliphatic rings. The number of thioether (sulfide) groups is 1. The quantitative estimate of drug-likeness (QED) is 0.375. The Morgan fingerprint density at radius 1 is 1.07 bits per heavy atom. The van der Waals surface area contributed by atoms with Gasteiger partial charge in [-0.05, 0) is 103 Å². The van der Waals surface area contributed by atoms with Gasteiger partial charge in [0, 0.05) is 16.6 Å². The molecule has 11 heteroatoms. The average Bonchev–Trinajstić information content (AvgIpc) is 3.50. The predicted octanol–water partition coefficient (Wildman–Crippen LogP) is 5.78. The molecule has 4 aliphatic carbocycles. The van der Waals surface area contributed by atoms with Gasteiger partial charge in [-0.15, -0.1) is 0 Å². The molecule has 42 heavy (non-hydrogen) atoms. The number of nitrogens with zero attached hydrogens (tertiary/aromatic N) is 1. The molecule has 4 bridgehead atoms. The molecule has 2 heterocycles. The Labute approximate surface area is 252 Å². The van der Waals surface area contributed by atoms with Crippen molar-refractivity contribution in [2.24, 2.45) is 17.8 Å². The molecule has 8 rings (SSSR count). The van der Waals surface area contributed by atoms with Crippen molar-refractivity contribution in [3.8, 4) is 23.0 Å². The fourth-order valence-electron chi connectivity index (χ4n) is 7.67. The molecule has 0 unspecified atom stereocenters. The third kappa shape index (κ3) is 5.19. The predicted molar refractivity (Wildman–Crippen MR) is 157 cm³/mol. The van der Waals surface area contributed by atoms with E-state index < -0.39 is 11.1 Å². The van der Waals surface area contributed by atoms with E-state index in [0.717, 1.165) is 53.7 Å². The van der Waals surface area contributed by atoms with E-state index in [1.165, 1.54) is 26.4 Å². The van der Waals surface area contributed by atoms with Crippen molar-refractivity contribution in [3.05, 3.63) is 51.4 Å². The van der Waals surface area contributed by atoms with Crippen molar-refractivity contribution in [2.75, 3.05) is 20.5 Å². The standard InChI is InChI=1S/C31H31ClN2O7S/c1-38-24-7-17(2-3-23(24)39-15-28(35)33-31-11-18-4-19(12-31)6-20(5-18)13-31)8-27-29(36)34(30(37)42-27)14-21-9-25-26(10-22(21)32)41-16-40-25/h2-3,7-10,18-20H,4-6,11-16H2,1H3,(H,33,35)/b27-8-. The second kappa shape index (κ2) is 10.7. The number of carbonyl (C=O) groups is 3. The van der Waals surface area contributed by atoms with Gasteiger partial charge in [0.2, 0.25) is 6.79 Å². The molecule has 2 aromatic carbocycles. The van der Waals surface area contributed by atoms with Gasteiger partial charge in [0.05, 0.1) is 18.6 Å². The maximum absolute atomic E-state index is 13.1. The fourth-order valence-corrected chi connectivity index (χ4v) is 8.72. The third-order valence-electron chi connectivity index (χ3n) is 9.03. The summed E-state index contributed by atoms with van der Waals surface area (Å²) in [6.07, 6.45) is 8.83. The zero-order valence-electron chi connectivity index (χ0n) is 23.2. The minimum absolute atomic E-state index is 0.0128. The van der Waals surface area contributed by atoms with Crippen LogP contribution in [0.2, 0.25) is 5.02 Å². The van der Waals surface area contributed by atoms with Gasteiger partial charge < -0.3 is 24.3 Å². The Bertz CT molecular complexity index is 1470. The van der Waals surface area contributed by atoms with Crippen molar-refractivity contribution < 1.29 is 33.3 Å². The summed E-state index contributed by atoms with van der Waals surface area (Å²) in [6, 6.07) is 8.49. The summed E-state index contributed by atoms with van der Waals surface area (Å²) in [4.78, 5) is 40.2. The van der Waals surface area contributed by atoms with Gasteiger partial charge in [0.25, 0.3) is 17.1 Å². The number of nitrogens with one attached hydrogen (secondary N) is 1. The minimum Gasteiger partial charge on any atom is -0.493 e. The topological polar surface area (TPSA) is 103 Å². The SMILES string of the molecule is COc1cc(/C=C2\SC(=O)N(Cc3cc4c(cc3Cl)OCO4)C2=O)ccc1OCC(=O)NC12CC3CC(CC(C3)C1)C2. The lowest BCUT2D eigenvalue weighted by Crippen LogP contribution is -2.60. The molecule has 1 N–H and O–H groups in total. The van der Waals surface area contributed by atoms with Gasteiger partial charge in [0.1, 0.15) is 0 Å². The number of fused-ring (bicyclic) bond motifs is 1. The van der Waals surface area contributed by atoms with E-state index in [1.807, 2.05) is 0 Å². The summed E-state index contributed by atoms with van der Waals surface area (Å²) in [5, 5.41) is 3.32. The lowest BCUT2D eigenvalue weighted by Gasteiger charge is -2.56. The van der Waals surface area contributed by atoms with Crippen LogP contribution in [0.3, 0.4) is 0 Å². The summed E-state index contributed by atoms with van der Waals surface area (Å²) in [7, 11) is 1.52. The van der Waals surface area contributed by atoms with E-state index in [1.54, 1.807) is 36.4 Å². The number of methoxy groups -OCH3 is 1. The second-order valence-electron chi connectivity index (χ2n) is 12.0. The first kappa shape index (κ1) is 27.5. The molecule has 3 amide bonds. The van der Waals surface area contributed by atoms with Gasteiger partial charge in [-0.2, -0.15) is 0 Å². The van der Waals surface area contributed by atoms with Crippen LogP contribution in [0.15, 0.2) is 35.2 Å². The lowest BCUT2D eigenvalue weighted by molar-refractivity contribution is -0.129. The number of hydrogen-bond acceptors (Lipinski definition) is 8. The number of hydrogen-bond donors (Lipinski definition) is 1. The highest BCUT2D eigenvalue weighted by Crippen LogP contribution is 2.55. The zero-order chi connectivity index (χ0) is 29.0. The Morgan fingerprint density at radius 2 is 1.76 bits per heavy atom. The van der Waals surface area contributed by atoms with Gasteiger partial charge in [-0.3, -0.25) is 19.3 Å². The molecule has 220 valence electrons. The largest absolute Gasteiger partial charge is 0.493 e. The molecule has 1 saturated heterocycles. The molecule has 4 saturated carbocycles. The lowest BCUT2D eigenvalue weighted by atomic mass is 9.53. The van der Waals surface area contributed by atoms with Crippen LogP contribution in [0.1, 0.15) is 49.7 Å². The molecule has 2 aliphatic heterocycles. The van der Waals surface area contributed by atoms with E-state index >= 15 is 0 Å². The van der Waals surface area contributed by atoms with Gasteiger partial charge >= 0.3 is 0 Å². The van der Waals surface area contributed by atoms with Crippen molar-refractivity contribution in [1.82, 2.24) is 10.2 Å². The monoisotopic (exact) mass is 610 g/mol. The smallest absolute Gasteiger partial charge is 0.293 e. The molecule has 9 nitrogen and oxygen atoms in total. The Balaban J connectivity index is 0.998. The normalized spacial score (nSPS) is 28.1. The van der Waals surface area contributed by atoms with E-state index in [4.69, 9.17) is 30.5 Å². The third-order valence-corrected chi connectivity index (χ3v) is 10.3. The van der Waals surface area contributed by atoms with Crippen LogP contribution in [-0.2, 0) is 16.1 Å².